The summed E-state index contributed by atoms with van der Waals surface area (Å²) in [5.41, 5.74) is 11.2. The third kappa shape index (κ3) is 3.37. The molecule has 1 aromatic heterocycles. The van der Waals surface area contributed by atoms with E-state index >= 15 is 0 Å². The van der Waals surface area contributed by atoms with Crippen LogP contribution >= 0.6 is 0 Å². The van der Waals surface area contributed by atoms with Crippen LogP contribution in [0.5, 0.6) is 11.8 Å². The first-order valence-electron chi connectivity index (χ1n) is 5.03. The molecule has 0 fully saturated rings. The molecule has 0 aromatic carbocycles. The Labute approximate surface area is 98.3 Å². The largest absolute Gasteiger partial charge is 0.476 e. The fourth-order valence-electron chi connectivity index (χ4n) is 0.970. The molecule has 17 heavy (non-hydrogen) atoms. The Hall–Kier alpha value is -2.25. The molecule has 1 amide bonds. The zero-order chi connectivity index (χ0) is 12.8. The van der Waals surface area contributed by atoms with Crippen molar-refractivity contribution in [2.45, 2.75) is 13.3 Å². The number of aromatic nitrogens is 2. The van der Waals surface area contributed by atoms with Crippen molar-refractivity contribution in [1.29, 1.82) is 0 Å². The molecule has 5 N–H and O–H groups in total. The molecule has 0 unspecified atom stereocenters. The highest BCUT2D eigenvalue weighted by molar-refractivity contribution is 5.72. The highest BCUT2D eigenvalue weighted by atomic mass is 16.6. The molecule has 0 bridgehead atoms. The molecule has 1 heterocycles. The summed E-state index contributed by atoms with van der Waals surface area (Å²) in [7, 11) is 1.41. The summed E-state index contributed by atoms with van der Waals surface area (Å²) < 4.78 is 10.1. The molecule has 0 atom stereocenters. The number of nitrogen functional groups attached to an aromatic ring is 2. The zero-order valence-corrected chi connectivity index (χ0v) is 9.69. The number of rotatable bonds is 4. The van der Waals surface area contributed by atoms with Crippen LogP contribution in [0.15, 0.2) is 0 Å². The van der Waals surface area contributed by atoms with E-state index in [0.29, 0.717) is 6.61 Å². The molecule has 0 radical (unpaired) electrons. The second-order valence-electron chi connectivity index (χ2n) is 3.09. The van der Waals surface area contributed by atoms with E-state index in [9.17, 15) is 4.79 Å². The van der Waals surface area contributed by atoms with Crippen molar-refractivity contribution in [3.05, 3.63) is 0 Å². The topological polar surface area (TPSA) is 125 Å². The van der Waals surface area contributed by atoms with E-state index in [1.807, 2.05) is 6.92 Å². The number of ether oxygens (including phenoxy) is 2. The van der Waals surface area contributed by atoms with Crippen LogP contribution in [-0.2, 0) is 0 Å². The molecule has 0 aliphatic heterocycles. The van der Waals surface area contributed by atoms with Gasteiger partial charge in [-0.1, -0.05) is 6.92 Å². The average Bonchev–Trinajstić information content (AvgIpc) is 2.31. The predicted octanol–water partition coefficient (Wildman–Crippen LogP) is 0.148. The number of hydrogen-bond donors (Lipinski definition) is 3. The van der Waals surface area contributed by atoms with Crippen LogP contribution in [-0.4, -0.2) is 29.7 Å². The Balaban J connectivity index is 2.96. The zero-order valence-electron chi connectivity index (χ0n) is 9.69. The van der Waals surface area contributed by atoms with Gasteiger partial charge in [-0.15, -0.1) is 0 Å². The van der Waals surface area contributed by atoms with Gasteiger partial charge in [-0.25, -0.2) is 4.79 Å². The minimum absolute atomic E-state index is 0.0382. The van der Waals surface area contributed by atoms with Gasteiger partial charge in [0.05, 0.1) is 6.61 Å². The van der Waals surface area contributed by atoms with Crippen molar-refractivity contribution in [1.82, 2.24) is 15.3 Å². The smallest absolute Gasteiger partial charge is 0.413 e. The van der Waals surface area contributed by atoms with Crippen LogP contribution in [0.1, 0.15) is 13.3 Å². The Morgan fingerprint density at radius 1 is 1.35 bits per heavy atom. The highest BCUT2D eigenvalue weighted by Gasteiger charge is 2.15. The molecule has 0 aliphatic carbocycles. The molecule has 0 saturated heterocycles. The first-order valence-corrected chi connectivity index (χ1v) is 5.03. The van der Waals surface area contributed by atoms with Gasteiger partial charge in [0.2, 0.25) is 11.8 Å². The number of carbonyl (C=O) groups excluding carboxylic acids is 1. The van der Waals surface area contributed by atoms with Crippen molar-refractivity contribution in [3.8, 4) is 11.8 Å². The van der Waals surface area contributed by atoms with Crippen LogP contribution in [0.4, 0.5) is 16.4 Å². The maximum atomic E-state index is 11.0. The summed E-state index contributed by atoms with van der Waals surface area (Å²) in [6, 6.07) is 0. The van der Waals surface area contributed by atoms with Crippen molar-refractivity contribution in [2.75, 3.05) is 25.1 Å². The molecular weight excluding hydrogens is 226 g/mol. The summed E-state index contributed by atoms with van der Waals surface area (Å²) in [6.07, 6.45) is 0.0888. The maximum absolute atomic E-state index is 11.0. The third-order valence-corrected chi connectivity index (χ3v) is 1.73. The quantitative estimate of drug-likeness (QED) is 0.684. The van der Waals surface area contributed by atoms with Gasteiger partial charge in [0, 0.05) is 7.05 Å². The highest BCUT2D eigenvalue weighted by Crippen LogP contribution is 2.28. The van der Waals surface area contributed by atoms with Gasteiger partial charge in [-0.2, -0.15) is 9.97 Å². The standard InChI is InChI=1S/C9H15N5O3/c1-3-4-16-6-5(10)7(14-8(11)13-6)17-9(15)12-2/h3-4,10H2,1-2H3,(H,12,15)(H2,11,13,14). The fraction of sp³-hybridized carbons (Fsp3) is 0.444. The second-order valence-corrected chi connectivity index (χ2v) is 3.09. The van der Waals surface area contributed by atoms with Gasteiger partial charge in [0.1, 0.15) is 0 Å². The summed E-state index contributed by atoms with van der Waals surface area (Å²) in [6.45, 7) is 2.36. The molecule has 8 heteroatoms. The van der Waals surface area contributed by atoms with Crippen LogP contribution in [0.3, 0.4) is 0 Å². The summed E-state index contributed by atoms with van der Waals surface area (Å²) in [4.78, 5) is 18.6. The number of hydrogen-bond acceptors (Lipinski definition) is 7. The van der Waals surface area contributed by atoms with Crippen LogP contribution < -0.4 is 26.3 Å². The fourth-order valence-corrected chi connectivity index (χ4v) is 0.970. The lowest BCUT2D eigenvalue weighted by molar-refractivity contribution is 0.201. The lowest BCUT2D eigenvalue weighted by Crippen LogP contribution is -2.23. The third-order valence-electron chi connectivity index (χ3n) is 1.73. The van der Waals surface area contributed by atoms with E-state index in [4.69, 9.17) is 20.9 Å². The number of nitrogens with one attached hydrogen (secondary N) is 1. The van der Waals surface area contributed by atoms with Crippen LogP contribution in [0.25, 0.3) is 0 Å². The lowest BCUT2D eigenvalue weighted by atomic mass is 10.5. The maximum Gasteiger partial charge on any atom is 0.413 e. The van der Waals surface area contributed by atoms with Crippen LogP contribution in [0.2, 0.25) is 0 Å². The Morgan fingerprint density at radius 3 is 2.59 bits per heavy atom. The Morgan fingerprint density at radius 2 is 2.00 bits per heavy atom. The number of carbonyl (C=O) groups is 1. The monoisotopic (exact) mass is 241 g/mol. The molecule has 1 aromatic rings. The van der Waals surface area contributed by atoms with Gasteiger partial charge in [-0.05, 0) is 6.42 Å². The molecule has 8 nitrogen and oxygen atoms in total. The summed E-state index contributed by atoms with van der Waals surface area (Å²) in [5, 5.41) is 2.26. The number of nitrogens with two attached hydrogens (primary N) is 2. The van der Waals surface area contributed by atoms with E-state index in [2.05, 4.69) is 15.3 Å². The predicted molar refractivity (Wildman–Crippen MR) is 61.7 cm³/mol. The normalized spacial score (nSPS) is 9.76. The van der Waals surface area contributed by atoms with Crippen molar-refractivity contribution in [2.24, 2.45) is 0 Å². The first kappa shape index (κ1) is 12.8. The van der Waals surface area contributed by atoms with E-state index in [0.717, 1.165) is 6.42 Å². The molecule has 0 spiro atoms. The SMILES string of the molecule is CCCOc1nc(N)nc(OC(=O)NC)c1N. The minimum Gasteiger partial charge on any atom is -0.476 e. The minimum atomic E-state index is -0.698. The molecule has 0 aliphatic rings. The first-order chi connectivity index (χ1) is 8.08. The Bertz CT molecular complexity index is 410. The molecule has 1 rings (SSSR count). The number of nitrogens with zero attached hydrogens (tertiary/aromatic N) is 2. The van der Waals surface area contributed by atoms with E-state index in [1.54, 1.807) is 0 Å². The van der Waals surface area contributed by atoms with Gasteiger partial charge in [-0.3, -0.25) is 0 Å². The van der Waals surface area contributed by atoms with Crippen molar-refractivity contribution >= 4 is 17.7 Å². The molecule has 94 valence electrons. The summed E-state index contributed by atoms with van der Waals surface area (Å²) >= 11 is 0. The van der Waals surface area contributed by atoms with Crippen molar-refractivity contribution < 1.29 is 14.3 Å². The molecule has 0 saturated carbocycles. The van der Waals surface area contributed by atoms with Gasteiger partial charge >= 0.3 is 6.09 Å². The molecular formula is C9H15N5O3. The number of anilines is 2. The van der Waals surface area contributed by atoms with E-state index in [-0.39, 0.29) is 23.4 Å². The van der Waals surface area contributed by atoms with Gasteiger partial charge in [0.25, 0.3) is 5.88 Å². The van der Waals surface area contributed by atoms with Gasteiger partial charge in [0.15, 0.2) is 5.69 Å². The second kappa shape index (κ2) is 5.73. The van der Waals surface area contributed by atoms with E-state index < -0.39 is 6.09 Å². The lowest BCUT2D eigenvalue weighted by Gasteiger charge is -2.10. The van der Waals surface area contributed by atoms with Crippen LogP contribution in [0, 0.1) is 0 Å². The average molecular weight is 241 g/mol. The van der Waals surface area contributed by atoms with Gasteiger partial charge < -0.3 is 26.3 Å². The Kier molecular flexibility index (Phi) is 4.32. The number of amides is 1. The summed E-state index contributed by atoms with van der Waals surface area (Å²) in [5.74, 6) is -0.0922. The van der Waals surface area contributed by atoms with E-state index in [1.165, 1.54) is 7.05 Å². The van der Waals surface area contributed by atoms with Crippen molar-refractivity contribution in [3.63, 3.8) is 0 Å².